The van der Waals surface area contributed by atoms with Crippen molar-refractivity contribution in [2.45, 2.75) is 204 Å². The lowest BCUT2D eigenvalue weighted by Crippen LogP contribution is -2.62. The van der Waals surface area contributed by atoms with Crippen molar-refractivity contribution in [3.8, 4) is 5.75 Å². The lowest BCUT2D eigenvalue weighted by Gasteiger charge is -2.31. The minimum Gasteiger partial charge on any atom is -0.508 e. The predicted molar refractivity (Wildman–Crippen MR) is 449 cm³/mol. The molecule has 24 N–H and O–H groups in total. The Kier molecular flexibility index (Phi) is 42.0. The smallest absolute Gasteiger partial charge is 0.322 e. The third-order valence-electron chi connectivity index (χ3n) is 19.8. The molecule has 5 rings (SSSR count). The van der Waals surface area contributed by atoms with Crippen LogP contribution in [0.2, 0.25) is 0 Å². The van der Waals surface area contributed by atoms with Crippen LogP contribution in [0.25, 0.3) is 0 Å². The Hall–Kier alpha value is -12.9. The van der Waals surface area contributed by atoms with Crippen molar-refractivity contribution in [1.82, 2.24) is 74.4 Å². The van der Waals surface area contributed by atoms with Gasteiger partial charge in [-0.1, -0.05) is 181 Å². The van der Waals surface area contributed by atoms with Gasteiger partial charge >= 0.3 is 11.9 Å². The SMILES string of the molecule is CC[C@H](C)[C@H](NC(=O)[C@@H](NC(=O)[C@H](Cc1ccc(O)cc1)NC(=O)[C@H](C)NC(=O)CNC(=O)[C@H](Cc1ccccc1)NC(=O)[C@@H](N)C(C)C)C(C)C)C(=O)N[C@@H](CCCNC(=N)N)C(=O)N[C@@H](CCCCN)C(=O)N[C@@H](Cc1ccccc1)C(=O)N[C@@H](Cc1ccccc1)C(=O)N[C@@H](CCC(=O)O)C(=O)N[C@@H](Cc1ccccc1)C(=O)NCC(=O)O. The fourth-order valence-electron chi connectivity index (χ4n) is 12.6. The number of carbonyl (C=O) groups excluding carboxylic acids is 13. The molecule has 656 valence electrons. The number of carboxylic acids is 2. The standard InChI is InChI=1S/C85H118N18O18/c1-8-51(6)72(103-83(120)71(50(4)5)102-81(118)66(46-57-34-36-58(104)37-35-57)97-73(110)52(7)93-67(105)47-91-74(111)63(43-54-26-15-10-16-27-54)101-82(119)70(87)49(2)3)84(121)96-60(33-23-41-90-85(88)89)76(113)94-59(32-21-22-40-86)77(114)99-65(45-56-30-19-12-20-31-56)80(117)100-64(44-55-28-17-11-18-29-55)79(116)95-61(38-39-68(106)107)78(115)98-62(75(112)92-48-69(108)109)42-53-24-13-9-14-25-53/h9-20,24-31,34-37,49-52,59-66,70-72,104H,8,21-23,32-33,38-48,86-87H2,1-7H3,(H,91,111)(H,92,112)(H,93,105)(H,94,113)(H,95,116)(H,96,121)(H,97,110)(H,98,115)(H,99,114)(H,100,117)(H,101,119)(H,102,118)(H,103,120)(H,106,107)(H,108,109)(H4,88,89,90)/t51-,52-,59-,60-,61-,62-,63-,64-,65-,66-,70-,71-,72-/m0/s1. The molecular formula is C85H118N18O18. The minimum atomic E-state index is -1.67. The molecule has 0 aromatic heterocycles. The van der Waals surface area contributed by atoms with E-state index in [4.69, 9.17) is 22.6 Å². The maximum absolute atomic E-state index is 15.1. The van der Waals surface area contributed by atoms with Gasteiger partial charge < -0.3 is 107 Å². The Bertz CT molecular complexity index is 4260. The molecule has 0 radical (unpaired) electrons. The number of benzene rings is 5. The highest BCUT2D eigenvalue weighted by molar-refractivity contribution is 6.00. The van der Waals surface area contributed by atoms with E-state index in [0.717, 1.165) is 0 Å². The van der Waals surface area contributed by atoms with Crippen molar-refractivity contribution in [3.63, 3.8) is 0 Å². The van der Waals surface area contributed by atoms with Gasteiger partial charge in [0, 0.05) is 45.1 Å². The monoisotopic (exact) mass is 1680 g/mol. The Labute approximate surface area is 703 Å². The summed E-state index contributed by atoms with van der Waals surface area (Å²) in [6.07, 6.45) is -1.31. The number of unbranched alkanes of at least 4 members (excludes halogenated alkanes) is 1. The van der Waals surface area contributed by atoms with Gasteiger partial charge in [-0.05, 0) is 110 Å². The molecule has 0 aliphatic heterocycles. The number of nitrogens with two attached hydrogens (primary N) is 3. The highest BCUT2D eigenvalue weighted by atomic mass is 16.4. The molecule has 36 heteroatoms. The van der Waals surface area contributed by atoms with Gasteiger partial charge in [-0.2, -0.15) is 0 Å². The molecule has 5 aromatic carbocycles. The average molecular weight is 1680 g/mol. The third-order valence-corrected chi connectivity index (χ3v) is 19.8. The van der Waals surface area contributed by atoms with Gasteiger partial charge in [0.25, 0.3) is 0 Å². The van der Waals surface area contributed by atoms with Crippen LogP contribution in [0.5, 0.6) is 5.75 Å². The van der Waals surface area contributed by atoms with E-state index in [1.54, 1.807) is 163 Å². The fraction of sp³-hybridized carbons (Fsp3) is 0.459. The molecule has 0 saturated carbocycles. The number of rotatable bonds is 52. The summed E-state index contributed by atoms with van der Waals surface area (Å²) in [7, 11) is 0. The summed E-state index contributed by atoms with van der Waals surface area (Å²) >= 11 is 0. The van der Waals surface area contributed by atoms with Crippen LogP contribution in [0.3, 0.4) is 0 Å². The summed E-state index contributed by atoms with van der Waals surface area (Å²) in [5, 5.41) is 73.8. The molecule has 13 amide bonds. The van der Waals surface area contributed by atoms with Crippen LogP contribution in [0.4, 0.5) is 0 Å². The minimum absolute atomic E-state index is 0.0204. The number of carbonyl (C=O) groups is 15. The third kappa shape index (κ3) is 35.7. The molecule has 0 spiro atoms. The van der Waals surface area contributed by atoms with Crippen LogP contribution >= 0.6 is 0 Å². The summed E-state index contributed by atoms with van der Waals surface area (Å²) in [4.78, 5) is 210. The number of hydrogen-bond donors (Lipinski definition) is 21. The Morgan fingerprint density at radius 2 is 0.711 bits per heavy atom. The summed E-state index contributed by atoms with van der Waals surface area (Å²) in [5.41, 5.74) is 20.3. The van der Waals surface area contributed by atoms with Crippen LogP contribution in [-0.4, -0.2) is 209 Å². The molecule has 0 bridgehead atoms. The summed E-state index contributed by atoms with van der Waals surface area (Å²) in [5.74, 6) is -16.2. The van der Waals surface area contributed by atoms with Gasteiger partial charge in [-0.3, -0.25) is 77.3 Å². The van der Waals surface area contributed by atoms with Crippen LogP contribution in [-0.2, 0) is 104 Å². The van der Waals surface area contributed by atoms with Gasteiger partial charge in [0.1, 0.15) is 78.8 Å². The predicted octanol–water partition coefficient (Wildman–Crippen LogP) is -0.482. The normalized spacial score (nSPS) is 14.3. The van der Waals surface area contributed by atoms with Crippen molar-refractivity contribution < 1.29 is 87.2 Å². The second-order valence-electron chi connectivity index (χ2n) is 30.3. The van der Waals surface area contributed by atoms with Crippen molar-refractivity contribution in [2.75, 3.05) is 26.2 Å². The number of carboxylic acid groups (broad SMARTS) is 2. The second kappa shape index (κ2) is 51.5. The first kappa shape index (κ1) is 98.7. The van der Waals surface area contributed by atoms with Crippen molar-refractivity contribution >= 4 is 94.7 Å². The molecule has 0 heterocycles. The van der Waals surface area contributed by atoms with Gasteiger partial charge in [-0.15, -0.1) is 0 Å². The summed E-state index contributed by atoms with van der Waals surface area (Å²) in [6.45, 7) is 10.2. The van der Waals surface area contributed by atoms with E-state index in [1.165, 1.54) is 31.2 Å². The number of guanidine groups is 1. The van der Waals surface area contributed by atoms with E-state index in [-0.39, 0.29) is 89.0 Å². The second-order valence-corrected chi connectivity index (χ2v) is 30.3. The zero-order chi connectivity index (χ0) is 89.3. The molecule has 121 heavy (non-hydrogen) atoms. The van der Waals surface area contributed by atoms with Gasteiger partial charge in [0.2, 0.25) is 76.8 Å². The first-order valence-corrected chi connectivity index (χ1v) is 40.4. The largest absolute Gasteiger partial charge is 0.508 e. The molecule has 0 unspecified atom stereocenters. The number of hydrogen-bond acceptors (Lipinski definition) is 19. The molecule has 5 aromatic rings. The van der Waals surface area contributed by atoms with Crippen LogP contribution in [0.15, 0.2) is 146 Å². The van der Waals surface area contributed by atoms with Crippen LogP contribution in [0, 0.1) is 23.2 Å². The molecule has 0 aliphatic carbocycles. The highest BCUT2D eigenvalue weighted by Gasteiger charge is 2.39. The first-order chi connectivity index (χ1) is 57.5. The summed E-state index contributed by atoms with van der Waals surface area (Å²) < 4.78 is 0. The number of phenols is 1. The highest BCUT2D eigenvalue weighted by Crippen LogP contribution is 2.18. The summed E-state index contributed by atoms with van der Waals surface area (Å²) in [6, 6.07) is 22.7. The number of nitrogens with one attached hydrogen (secondary N) is 15. The van der Waals surface area contributed by atoms with Crippen LogP contribution in [0.1, 0.15) is 128 Å². The number of aliphatic carboxylic acids is 2. The van der Waals surface area contributed by atoms with Crippen molar-refractivity contribution in [3.05, 3.63) is 173 Å². The molecule has 36 nitrogen and oxygen atoms in total. The van der Waals surface area contributed by atoms with Crippen molar-refractivity contribution in [1.29, 1.82) is 5.41 Å². The van der Waals surface area contributed by atoms with E-state index >= 15 is 14.4 Å². The molecular weight excluding hydrogens is 1560 g/mol. The number of aromatic hydroxyl groups is 1. The van der Waals surface area contributed by atoms with Gasteiger partial charge in [0.05, 0.1) is 12.6 Å². The lowest BCUT2D eigenvalue weighted by atomic mass is 9.95. The molecule has 0 aliphatic rings. The van der Waals surface area contributed by atoms with E-state index in [0.29, 0.717) is 34.2 Å². The molecule has 0 fully saturated rings. The maximum Gasteiger partial charge on any atom is 0.322 e. The van der Waals surface area contributed by atoms with E-state index in [9.17, 15) is 72.9 Å². The van der Waals surface area contributed by atoms with Gasteiger partial charge in [-0.25, -0.2) is 0 Å². The van der Waals surface area contributed by atoms with Crippen LogP contribution < -0.4 is 91.6 Å². The fourth-order valence-corrected chi connectivity index (χ4v) is 12.6. The Morgan fingerprint density at radius 3 is 1.11 bits per heavy atom. The zero-order valence-corrected chi connectivity index (χ0v) is 69.2. The topological polar surface area (TPSA) is 587 Å². The number of amides is 13. The van der Waals surface area contributed by atoms with E-state index in [2.05, 4.69) is 74.4 Å². The Morgan fingerprint density at radius 1 is 0.364 bits per heavy atom. The van der Waals surface area contributed by atoms with Gasteiger partial charge in [0.15, 0.2) is 5.96 Å². The Balaban J connectivity index is 1.40. The first-order valence-electron chi connectivity index (χ1n) is 40.4. The van der Waals surface area contributed by atoms with Crippen molar-refractivity contribution in [2.24, 2.45) is 35.0 Å². The molecule has 13 atom stereocenters. The quantitative estimate of drug-likeness (QED) is 0.0133. The zero-order valence-electron chi connectivity index (χ0n) is 69.2. The number of phenolic OH excluding ortho intramolecular Hbond substituents is 1. The molecule has 0 saturated heterocycles. The van der Waals surface area contributed by atoms with E-state index < -0.39 is 205 Å². The lowest BCUT2D eigenvalue weighted by molar-refractivity contribution is -0.139. The average Bonchev–Trinajstić information content (AvgIpc) is 0.843. The van der Waals surface area contributed by atoms with E-state index in [1.807, 2.05) is 0 Å². The maximum atomic E-state index is 15.1.